The van der Waals surface area contributed by atoms with Gasteiger partial charge in [0.05, 0.1) is 17.2 Å². The van der Waals surface area contributed by atoms with Crippen LogP contribution in [-0.4, -0.2) is 29.2 Å². The van der Waals surface area contributed by atoms with Crippen LogP contribution in [0.15, 0.2) is 35.2 Å². The Labute approximate surface area is 199 Å². The first-order chi connectivity index (χ1) is 15.4. The minimum absolute atomic E-state index is 0.0438. The van der Waals surface area contributed by atoms with Crippen LogP contribution in [0.1, 0.15) is 68.8 Å². The van der Waals surface area contributed by atoms with Crippen molar-refractivity contribution in [3.8, 4) is 17.2 Å². The zero-order valence-corrected chi connectivity index (χ0v) is 20.5. The van der Waals surface area contributed by atoms with Crippen molar-refractivity contribution in [1.29, 1.82) is 0 Å². The molecule has 0 spiro atoms. The van der Waals surface area contributed by atoms with Crippen LogP contribution >= 0.6 is 23.4 Å². The van der Waals surface area contributed by atoms with Gasteiger partial charge in [-0.05, 0) is 43.5 Å². The largest absolute Gasteiger partial charge is 0.507 e. The normalized spacial score (nSPS) is 10.8. The molecule has 0 fully saturated rings. The molecule has 1 N–H and O–H groups in total. The van der Waals surface area contributed by atoms with Gasteiger partial charge < -0.3 is 14.6 Å². The molecule has 0 aliphatic rings. The van der Waals surface area contributed by atoms with Crippen molar-refractivity contribution < 1.29 is 24.2 Å². The minimum Gasteiger partial charge on any atom is -0.507 e. The van der Waals surface area contributed by atoms with Crippen LogP contribution in [0.2, 0.25) is 5.02 Å². The van der Waals surface area contributed by atoms with Gasteiger partial charge in [-0.15, -0.1) is 11.8 Å². The van der Waals surface area contributed by atoms with E-state index in [1.165, 1.54) is 0 Å². The number of benzene rings is 2. The first-order valence-corrected chi connectivity index (χ1v) is 12.4. The van der Waals surface area contributed by atoms with Crippen molar-refractivity contribution >= 4 is 35.1 Å². The second-order valence-electron chi connectivity index (χ2n) is 7.33. The van der Waals surface area contributed by atoms with Gasteiger partial charge in [-0.1, -0.05) is 38.8 Å². The molecule has 0 bridgehead atoms. The van der Waals surface area contributed by atoms with Gasteiger partial charge in [-0.3, -0.25) is 9.59 Å². The number of esters is 1. The van der Waals surface area contributed by atoms with Crippen LogP contribution in [0.4, 0.5) is 0 Å². The number of rotatable bonds is 13. The van der Waals surface area contributed by atoms with Crippen molar-refractivity contribution in [2.45, 2.75) is 64.2 Å². The summed E-state index contributed by atoms with van der Waals surface area (Å²) < 4.78 is 11.1. The number of carbonyl (C=O) groups excluding carboxylic acids is 2. The number of ketones is 1. The fourth-order valence-corrected chi connectivity index (χ4v) is 4.30. The number of phenols is 1. The number of hydrogen-bond donors (Lipinski definition) is 1. The third kappa shape index (κ3) is 7.45. The Bertz CT molecular complexity index is 929. The van der Waals surface area contributed by atoms with Crippen molar-refractivity contribution in [2.75, 3.05) is 12.4 Å². The zero-order valence-electron chi connectivity index (χ0n) is 18.9. The molecule has 0 saturated heterocycles. The summed E-state index contributed by atoms with van der Waals surface area (Å²) in [6, 6.07) is 8.67. The lowest BCUT2D eigenvalue weighted by atomic mass is 9.99. The maximum atomic E-state index is 12.2. The Morgan fingerprint density at radius 1 is 1.09 bits per heavy atom. The van der Waals surface area contributed by atoms with E-state index in [2.05, 4.69) is 0 Å². The number of Topliss-reactive ketones (excluding diaryl/α,β-unsaturated/α-hetero) is 1. The zero-order chi connectivity index (χ0) is 23.5. The number of phenolic OH excluding ortho intramolecular Hbond substituents is 1. The fourth-order valence-electron chi connectivity index (χ4n) is 3.12. The molecule has 32 heavy (non-hydrogen) atoms. The van der Waals surface area contributed by atoms with Gasteiger partial charge in [0.2, 0.25) is 0 Å². The lowest BCUT2D eigenvalue weighted by Crippen LogP contribution is -2.05. The van der Waals surface area contributed by atoms with E-state index in [4.69, 9.17) is 21.1 Å². The SMILES string of the molecule is CCCC(=O)c1ccc(OCCCSc2ccc(OC(=O)CC)cc2Cl)c(CCC)c1O. The van der Waals surface area contributed by atoms with Crippen LogP contribution in [0, 0.1) is 0 Å². The van der Waals surface area contributed by atoms with E-state index in [1.54, 1.807) is 43.0 Å². The average molecular weight is 479 g/mol. The number of carbonyl (C=O) groups is 2. The second-order valence-corrected chi connectivity index (χ2v) is 8.88. The Morgan fingerprint density at radius 2 is 1.88 bits per heavy atom. The number of aromatic hydroxyl groups is 1. The van der Waals surface area contributed by atoms with E-state index in [9.17, 15) is 14.7 Å². The first kappa shape index (κ1) is 26.1. The van der Waals surface area contributed by atoms with Crippen molar-refractivity contribution in [2.24, 2.45) is 0 Å². The molecule has 0 amide bonds. The molecular weight excluding hydrogens is 448 g/mol. The topological polar surface area (TPSA) is 72.8 Å². The van der Waals surface area contributed by atoms with Crippen LogP contribution in [-0.2, 0) is 11.2 Å². The maximum Gasteiger partial charge on any atom is 0.310 e. The summed E-state index contributed by atoms with van der Waals surface area (Å²) in [5, 5.41) is 11.2. The molecule has 0 heterocycles. The molecule has 0 aliphatic heterocycles. The highest BCUT2D eigenvalue weighted by molar-refractivity contribution is 7.99. The van der Waals surface area contributed by atoms with Crippen LogP contribution < -0.4 is 9.47 Å². The summed E-state index contributed by atoms with van der Waals surface area (Å²) in [7, 11) is 0. The van der Waals surface area contributed by atoms with E-state index in [1.807, 2.05) is 19.9 Å². The van der Waals surface area contributed by atoms with Crippen LogP contribution in [0.25, 0.3) is 0 Å². The molecule has 0 aliphatic carbocycles. The standard InChI is InChI=1S/C25H31ClO5S/c1-4-8-19-22(12-11-18(25(19)29)21(27)9-5-2)30-14-7-15-32-23-13-10-17(16-20(23)26)31-24(28)6-3/h10-13,16,29H,4-9,14-15H2,1-3H3. The van der Waals surface area contributed by atoms with Crippen molar-refractivity contribution in [3.05, 3.63) is 46.5 Å². The van der Waals surface area contributed by atoms with Gasteiger partial charge >= 0.3 is 5.97 Å². The van der Waals surface area contributed by atoms with Gasteiger partial charge in [0.15, 0.2) is 5.78 Å². The third-order valence-electron chi connectivity index (χ3n) is 4.74. The summed E-state index contributed by atoms with van der Waals surface area (Å²) in [6.07, 6.45) is 3.73. The Kier molecular flexibility index (Phi) is 10.9. The van der Waals surface area contributed by atoms with E-state index >= 15 is 0 Å². The Hall–Kier alpha value is -2.18. The van der Waals surface area contributed by atoms with Gasteiger partial charge in [0.1, 0.15) is 17.2 Å². The van der Waals surface area contributed by atoms with E-state index in [0.717, 1.165) is 29.9 Å². The highest BCUT2D eigenvalue weighted by atomic mass is 35.5. The fraction of sp³-hybridized carbons (Fsp3) is 0.440. The van der Waals surface area contributed by atoms with Gasteiger partial charge in [0.25, 0.3) is 0 Å². The number of hydrogen-bond acceptors (Lipinski definition) is 6. The molecule has 2 rings (SSSR count). The van der Waals surface area contributed by atoms with E-state index in [0.29, 0.717) is 53.5 Å². The molecule has 0 unspecified atom stereocenters. The molecule has 0 radical (unpaired) electrons. The van der Waals surface area contributed by atoms with Crippen LogP contribution in [0.5, 0.6) is 17.2 Å². The van der Waals surface area contributed by atoms with Crippen molar-refractivity contribution in [3.63, 3.8) is 0 Å². The average Bonchev–Trinajstić information content (AvgIpc) is 2.77. The third-order valence-corrected chi connectivity index (χ3v) is 6.33. The Balaban J connectivity index is 1.91. The number of halogens is 1. The Morgan fingerprint density at radius 3 is 2.53 bits per heavy atom. The van der Waals surface area contributed by atoms with Gasteiger partial charge in [-0.25, -0.2) is 0 Å². The molecule has 0 aromatic heterocycles. The van der Waals surface area contributed by atoms with Crippen molar-refractivity contribution in [1.82, 2.24) is 0 Å². The minimum atomic E-state index is -0.296. The summed E-state index contributed by atoms with van der Waals surface area (Å²) in [5.41, 5.74) is 1.07. The summed E-state index contributed by atoms with van der Waals surface area (Å²) in [6.45, 7) is 6.19. The smallest absolute Gasteiger partial charge is 0.310 e. The molecule has 5 nitrogen and oxygen atoms in total. The highest BCUT2D eigenvalue weighted by Gasteiger charge is 2.17. The van der Waals surface area contributed by atoms with E-state index in [-0.39, 0.29) is 17.5 Å². The molecule has 0 atom stereocenters. The lowest BCUT2D eigenvalue weighted by Gasteiger charge is -2.15. The first-order valence-electron chi connectivity index (χ1n) is 11.0. The summed E-state index contributed by atoms with van der Waals surface area (Å²) >= 11 is 7.90. The predicted octanol–water partition coefficient (Wildman–Crippen LogP) is 6.86. The molecule has 7 heteroatoms. The molecule has 0 saturated carbocycles. The number of thioether (sulfide) groups is 1. The van der Waals surface area contributed by atoms with E-state index < -0.39 is 0 Å². The second kappa shape index (κ2) is 13.4. The monoisotopic (exact) mass is 478 g/mol. The summed E-state index contributed by atoms with van der Waals surface area (Å²) in [4.78, 5) is 24.5. The van der Waals surface area contributed by atoms with Gasteiger partial charge in [-0.2, -0.15) is 0 Å². The maximum absolute atomic E-state index is 12.2. The quantitative estimate of drug-likeness (QED) is 0.111. The lowest BCUT2D eigenvalue weighted by molar-refractivity contribution is -0.134. The van der Waals surface area contributed by atoms with Gasteiger partial charge in [0, 0.05) is 35.1 Å². The van der Waals surface area contributed by atoms with Crippen LogP contribution in [0.3, 0.4) is 0 Å². The highest BCUT2D eigenvalue weighted by Crippen LogP contribution is 2.34. The molecule has 2 aromatic rings. The summed E-state index contributed by atoms with van der Waals surface area (Å²) in [5.74, 6) is 1.57. The number of ether oxygens (including phenoxy) is 2. The predicted molar refractivity (Wildman–Crippen MR) is 130 cm³/mol. The molecular formula is C25H31ClO5S. The molecule has 174 valence electrons. The molecule has 2 aromatic carbocycles.